The second-order valence-corrected chi connectivity index (χ2v) is 7.76. The van der Waals surface area contributed by atoms with Gasteiger partial charge in [0.05, 0.1) is 12.9 Å². The van der Waals surface area contributed by atoms with Gasteiger partial charge in [-0.25, -0.2) is 4.39 Å². The molecule has 1 fully saturated rings. The summed E-state index contributed by atoms with van der Waals surface area (Å²) in [5.41, 5.74) is 1.88. The maximum atomic E-state index is 13.2. The van der Waals surface area contributed by atoms with Crippen LogP contribution in [-0.2, 0) is 17.7 Å². The molecule has 0 N–H and O–H groups in total. The number of terminal acetylenes is 1. The van der Waals surface area contributed by atoms with Crippen molar-refractivity contribution in [2.75, 3.05) is 12.8 Å². The third-order valence-corrected chi connectivity index (χ3v) is 5.16. The van der Waals surface area contributed by atoms with Gasteiger partial charge in [-0.2, -0.15) is 0 Å². The van der Waals surface area contributed by atoms with E-state index in [9.17, 15) is 9.18 Å². The Hall–Kier alpha value is -2.37. The predicted molar refractivity (Wildman–Crippen MR) is 139 cm³/mol. The topological polar surface area (TPSA) is 31.2 Å². The number of nitrogens with zero attached hydrogens (tertiary/aromatic N) is 1. The van der Waals surface area contributed by atoms with E-state index in [1.807, 2.05) is 31.4 Å². The average Bonchev–Trinajstić information content (AvgIpc) is 3.64. The maximum absolute atomic E-state index is 13.2. The Morgan fingerprint density at radius 2 is 2.12 bits per heavy atom. The number of aryl methyl sites for hydroxylation is 1. The summed E-state index contributed by atoms with van der Waals surface area (Å²) in [5.74, 6) is 0.847. The first-order chi connectivity index (χ1) is 15.5. The second kappa shape index (κ2) is 19.3. The van der Waals surface area contributed by atoms with Crippen LogP contribution in [0.15, 0.2) is 71.7 Å². The van der Waals surface area contributed by atoms with Gasteiger partial charge in [0.2, 0.25) is 0 Å². The Morgan fingerprint density at radius 1 is 1.41 bits per heavy atom. The zero-order valence-electron chi connectivity index (χ0n) is 19.6. The molecule has 0 bridgehead atoms. The minimum Gasteiger partial charge on any atom is -0.502 e. The zero-order chi connectivity index (χ0) is 24.2. The van der Waals surface area contributed by atoms with Gasteiger partial charge in [0.25, 0.3) is 5.56 Å². The highest BCUT2D eigenvalue weighted by atomic mass is 31.0. The molecule has 2 rings (SSSR count). The molecule has 3 nitrogen and oxygen atoms in total. The van der Waals surface area contributed by atoms with Gasteiger partial charge in [0.1, 0.15) is 5.83 Å². The molecule has 176 valence electrons. The summed E-state index contributed by atoms with van der Waals surface area (Å²) >= 11 is 0. The maximum Gasteiger partial charge on any atom is 0.251 e. The molecule has 1 aromatic heterocycles. The summed E-state index contributed by atoms with van der Waals surface area (Å²) in [6, 6.07) is 3.56. The molecule has 0 saturated heterocycles. The molecule has 0 aliphatic heterocycles. The molecule has 0 spiro atoms. The number of aromatic nitrogens is 1. The van der Waals surface area contributed by atoms with Crippen LogP contribution in [0.5, 0.6) is 0 Å². The Bertz CT molecular complexity index is 816. The fourth-order valence-corrected chi connectivity index (χ4v) is 2.83. The van der Waals surface area contributed by atoms with Crippen LogP contribution in [0.2, 0.25) is 0 Å². The highest BCUT2D eigenvalue weighted by Gasteiger charge is 2.20. The molecule has 1 saturated carbocycles. The third kappa shape index (κ3) is 14.6. The van der Waals surface area contributed by atoms with Crippen LogP contribution in [0.3, 0.4) is 0 Å². The zero-order valence-corrected chi connectivity index (χ0v) is 20.8. The lowest BCUT2D eigenvalue weighted by molar-refractivity contribution is 0.237. The summed E-state index contributed by atoms with van der Waals surface area (Å²) in [5, 5.41) is 0. The lowest BCUT2D eigenvalue weighted by Crippen LogP contribution is -2.18. The molecule has 0 amide bonds. The van der Waals surface area contributed by atoms with Crippen LogP contribution in [0.1, 0.15) is 51.5 Å². The summed E-state index contributed by atoms with van der Waals surface area (Å²) in [6.45, 7) is 9.05. The molecular formula is C27H39FNO2P. The first kappa shape index (κ1) is 29.6. The van der Waals surface area contributed by atoms with Crippen LogP contribution in [-0.4, -0.2) is 17.3 Å². The Labute approximate surface area is 196 Å². The molecule has 32 heavy (non-hydrogen) atoms. The number of allylic oxidation sites excluding steroid dienone is 6. The van der Waals surface area contributed by atoms with Gasteiger partial charge in [-0.15, -0.1) is 28.7 Å². The normalized spacial score (nSPS) is 13.6. The molecule has 0 aromatic carbocycles. The first-order valence-electron chi connectivity index (χ1n) is 11.2. The van der Waals surface area contributed by atoms with Crippen molar-refractivity contribution >= 4 is 9.24 Å². The molecule has 1 atom stereocenters. The van der Waals surface area contributed by atoms with E-state index in [1.54, 1.807) is 29.0 Å². The van der Waals surface area contributed by atoms with Crippen molar-refractivity contribution < 1.29 is 9.13 Å². The van der Waals surface area contributed by atoms with Gasteiger partial charge in [-0.3, -0.25) is 4.79 Å². The predicted octanol–water partition coefficient (Wildman–Crippen LogP) is 6.62. The summed E-state index contributed by atoms with van der Waals surface area (Å²) in [6.07, 6.45) is 25.8. The van der Waals surface area contributed by atoms with Crippen molar-refractivity contribution in [3.63, 3.8) is 0 Å². The Balaban J connectivity index is 0.000000668. The van der Waals surface area contributed by atoms with Crippen LogP contribution in [0, 0.1) is 18.8 Å². The molecule has 5 heteroatoms. The van der Waals surface area contributed by atoms with E-state index in [2.05, 4.69) is 35.6 Å². The van der Waals surface area contributed by atoms with Crippen molar-refractivity contribution in [1.29, 1.82) is 0 Å². The number of rotatable bonds is 12. The average molecular weight is 460 g/mol. The smallest absolute Gasteiger partial charge is 0.251 e. The van der Waals surface area contributed by atoms with Crippen LogP contribution < -0.4 is 5.56 Å². The summed E-state index contributed by atoms with van der Waals surface area (Å²) < 4.78 is 20.1. The van der Waals surface area contributed by atoms with E-state index >= 15 is 0 Å². The van der Waals surface area contributed by atoms with Gasteiger partial charge in [0.15, 0.2) is 0 Å². The van der Waals surface area contributed by atoms with Gasteiger partial charge in [-0.05, 0) is 61.8 Å². The van der Waals surface area contributed by atoms with Crippen LogP contribution in [0.25, 0.3) is 0 Å². The van der Waals surface area contributed by atoms with Gasteiger partial charge < -0.3 is 9.30 Å². The minimum atomic E-state index is -0.149. The SMILES string of the molecule is C#C.C=CCn1ccc(CCC(=C/C)/C=C(/F)CP)cc1=O.CC/C=C/OCCC1CC1. The molecular weight excluding hydrogens is 420 g/mol. The number of ether oxygens (including phenoxy) is 1. The number of pyridine rings is 1. The Morgan fingerprint density at radius 3 is 2.66 bits per heavy atom. The van der Waals surface area contributed by atoms with Crippen molar-refractivity contribution in [3.05, 3.63) is 82.8 Å². The second-order valence-electron chi connectivity index (χ2n) is 7.36. The molecule has 1 heterocycles. The highest BCUT2D eigenvalue weighted by molar-refractivity contribution is 7.16. The minimum absolute atomic E-state index is 0.0314. The third-order valence-electron chi connectivity index (χ3n) is 4.77. The molecule has 0 radical (unpaired) electrons. The van der Waals surface area contributed by atoms with Crippen molar-refractivity contribution in [2.45, 2.75) is 58.9 Å². The standard InChI is InChI=1S/C16H21FNOP.C9H16O.C2H2/c1-3-8-18-9-7-14(11-16(18)19)6-5-13(4-2)10-15(17)12-20;1-2-3-7-10-8-6-9-4-5-9;1-2/h3-4,7,9-11H,1,5-6,8,12,20H2,2H3;3,7,9H,2,4-6,8H2,1H3;1-2H/b13-4-,15-10+;7-3+;. The Kier molecular flexibility index (Phi) is 17.9. The quantitative estimate of drug-likeness (QED) is 0.0879. The lowest BCUT2D eigenvalue weighted by Gasteiger charge is -2.06. The van der Waals surface area contributed by atoms with Gasteiger partial charge in [0, 0.05) is 25.0 Å². The van der Waals surface area contributed by atoms with E-state index < -0.39 is 0 Å². The molecule has 1 unspecified atom stereocenters. The number of hydrogen-bond donors (Lipinski definition) is 0. The summed E-state index contributed by atoms with van der Waals surface area (Å²) in [7, 11) is 2.36. The van der Waals surface area contributed by atoms with Crippen molar-refractivity contribution in [1.82, 2.24) is 4.57 Å². The first-order valence-corrected chi connectivity index (χ1v) is 12.0. The van der Waals surface area contributed by atoms with Crippen LogP contribution >= 0.6 is 9.24 Å². The lowest BCUT2D eigenvalue weighted by atomic mass is 10.0. The van der Waals surface area contributed by atoms with E-state index in [1.165, 1.54) is 19.3 Å². The van der Waals surface area contributed by atoms with Crippen molar-refractivity contribution in [3.8, 4) is 12.8 Å². The van der Waals surface area contributed by atoms with Gasteiger partial charge >= 0.3 is 0 Å². The number of hydrogen-bond acceptors (Lipinski definition) is 2. The molecule has 1 aliphatic carbocycles. The fraction of sp³-hybridized carbons (Fsp3) is 0.444. The fourth-order valence-electron chi connectivity index (χ4n) is 2.72. The molecule has 1 aromatic rings. The van der Waals surface area contributed by atoms with E-state index in [-0.39, 0.29) is 11.4 Å². The highest BCUT2D eigenvalue weighted by Crippen LogP contribution is 2.32. The van der Waals surface area contributed by atoms with Crippen LogP contribution in [0.4, 0.5) is 4.39 Å². The molecule has 1 aliphatic rings. The number of halogens is 1. The summed E-state index contributed by atoms with van der Waals surface area (Å²) in [4.78, 5) is 11.8. The van der Waals surface area contributed by atoms with E-state index in [4.69, 9.17) is 4.74 Å². The monoisotopic (exact) mass is 459 g/mol. The van der Waals surface area contributed by atoms with E-state index in [0.29, 0.717) is 12.7 Å². The van der Waals surface area contributed by atoms with Gasteiger partial charge in [-0.1, -0.05) is 38.0 Å². The largest absolute Gasteiger partial charge is 0.502 e. The van der Waals surface area contributed by atoms with E-state index in [0.717, 1.165) is 42.9 Å². The van der Waals surface area contributed by atoms with Crippen molar-refractivity contribution in [2.24, 2.45) is 5.92 Å².